The molecule has 0 aliphatic heterocycles. The molecule has 0 aromatic carbocycles. The highest BCUT2D eigenvalue weighted by atomic mass is 16.5. The van der Waals surface area contributed by atoms with Gasteiger partial charge in [-0.1, -0.05) is 39.2 Å². The second-order valence-corrected chi connectivity index (χ2v) is 7.01. The van der Waals surface area contributed by atoms with Crippen molar-refractivity contribution in [2.24, 2.45) is 5.92 Å². The Morgan fingerprint density at radius 3 is 2.68 bits per heavy atom. The fourth-order valence-corrected chi connectivity index (χ4v) is 2.86. The van der Waals surface area contributed by atoms with Gasteiger partial charge in [-0.3, -0.25) is 30.5 Å². The van der Waals surface area contributed by atoms with Gasteiger partial charge >= 0.3 is 0 Å². The Hall–Kier alpha value is -3.34. The van der Waals surface area contributed by atoms with Crippen LogP contribution in [0.1, 0.15) is 45.4 Å². The van der Waals surface area contributed by atoms with Gasteiger partial charge in [-0.25, -0.2) is 10.0 Å². The first-order valence-electron chi connectivity index (χ1n) is 10.3. The van der Waals surface area contributed by atoms with Gasteiger partial charge in [-0.05, 0) is 18.6 Å². The van der Waals surface area contributed by atoms with Crippen LogP contribution in [-0.2, 0) is 16.0 Å². The number of hydrogen-bond donors (Lipinski definition) is 3. The summed E-state index contributed by atoms with van der Waals surface area (Å²) in [5.74, 6) is 0.837. The summed E-state index contributed by atoms with van der Waals surface area (Å²) in [5.41, 5.74) is 5.31. The molecule has 2 aromatic rings. The molecule has 1 unspecified atom stereocenters. The molecule has 2 aromatic heterocycles. The molecule has 2 amide bonds. The Morgan fingerprint density at radius 1 is 1.23 bits per heavy atom. The van der Waals surface area contributed by atoms with Crippen LogP contribution in [0.4, 0.5) is 17.7 Å². The van der Waals surface area contributed by atoms with E-state index in [1.807, 2.05) is 25.1 Å². The minimum absolute atomic E-state index is 0.0915. The van der Waals surface area contributed by atoms with Gasteiger partial charge in [0.05, 0.1) is 12.5 Å². The van der Waals surface area contributed by atoms with E-state index in [-0.39, 0.29) is 24.8 Å². The lowest BCUT2D eigenvalue weighted by atomic mass is 10.0. The largest absolute Gasteiger partial charge is 0.298 e. The Balaban J connectivity index is 2.11. The lowest BCUT2D eigenvalue weighted by molar-refractivity contribution is -0.154. The molecular formula is C20H30N8O3. The predicted octanol–water partition coefficient (Wildman–Crippen LogP) is 2.08. The van der Waals surface area contributed by atoms with Gasteiger partial charge in [0.25, 0.3) is 0 Å². The molecule has 0 saturated heterocycles. The smallest absolute Gasteiger partial charge is 0.246 e. The van der Waals surface area contributed by atoms with Crippen molar-refractivity contribution in [3.63, 3.8) is 0 Å². The van der Waals surface area contributed by atoms with Gasteiger partial charge in [0.1, 0.15) is 11.6 Å². The quantitative estimate of drug-likeness (QED) is 0.189. The average Bonchev–Trinajstić information content (AvgIpc) is 2.81. The molecule has 168 valence electrons. The fraction of sp³-hybridized carbons (Fsp3) is 0.500. The number of aryl methyl sites for hydroxylation is 1. The molecule has 0 aliphatic rings. The molecule has 2 rings (SSSR count). The third-order valence-corrected chi connectivity index (χ3v) is 4.63. The Bertz CT molecular complexity index is 836. The number of carbonyl (C=O) groups excluding carboxylic acids is 2. The van der Waals surface area contributed by atoms with Crippen LogP contribution in [0.3, 0.4) is 0 Å². The van der Waals surface area contributed by atoms with E-state index in [9.17, 15) is 14.8 Å². The molecule has 1 atom stereocenters. The van der Waals surface area contributed by atoms with Crippen molar-refractivity contribution in [2.45, 2.75) is 46.0 Å². The summed E-state index contributed by atoms with van der Waals surface area (Å²) in [6.45, 7) is 3.89. The van der Waals surface area contributed by atoms with E-state index in [1.54, 1.807) is 18.1 Å². The van der Waals surface area contributed by atoms with Crippen LogP contribution in [0.15, 0.2) is 24.4 Å². The lowest BCUT2D eigenvalue weighted by Crippen LogP contribution is -2.40. The number of carbonyl (C=O) groups is 2. The summed E-state index contributed by atoms with van der Waals surface area (Å²) < 4.78 is 0. The van der Waals surface area contributed by atoms with E-state index in [1.165, 1.54) is 0 Å². The van der Waals surface area contributed by atoms with Crippen molar-refractivity contribution in [3.05, 3.63) is 30.2 Å². The Labute approximate surface area is 181 Å². The van der Waals surface area contributed by atoms with E-state index in [2.05, 4.69) is 37.7 Å². The number of amides is 2. The summed E-state index contributed by atoms with van der Waals surface area (Å²) in [6.07, 6.45) is 5.85. The molecule has 11 nitrogen and oxygen atoms in total. The van der Waals surface area contributed by atoms with Crippen LogP contribution in [-0.4, -0.2) is 56.1 Å². The monoisotopic (exact) mass is 430 g/mol. The number of aromatic nitrogens is 4. The second-order valence-electron chi connectivity index (χ2n) is 7.01. The standard InChI is InChI=1S/C20H30N8O3/c1-4-6-7-10-15(13-28(31)14-29)18(30)25-26-19-22-16(5-2)23-20(24-19)27(3)17-11-8-9-12-21-17/h8-9,11-12,14-15,31H,4-7,10,13H2,1-3H3,(H,25,30)(H,22,23,24,26). The Kier molecular flexibility index (Phi) is 9.56. The zero-order valence-electron chi connectivity index (χ0n) is 18.2. The van der Waals surface area contributed by atoms with E-state index >= 15 is 0 Å². The average molecular weight is 431 g/mol. The minimum atomic E-state index is -0.572. The number of anilines is 3. The van der Waals surface area contributed by atoms with E-state index in [4.69, 9.17) is 0 Å². The topological polar surface area (TPSA) is 136 Å². The van der Waals surface area contributed by atoms with E-state index in [0.29, 0.717) is 35.5 Å². The number of nitrogens with zero attached hydrogens (tertiary/aromatic N) is 6. The summed E-state index contributed by atoms with van der Waals surface area (Å²) in [6, 6.07) is 5.52. The van der Waals surface area contributed by atoms with Crippen LogP contribution >= 0.6 is 0 Å². The molecule has 0 aliphatic carbocycles. The number of pyridine rings is 1. The van der Waals surface area contributed by atoms with Gasteiger partial charge in [-0.15, -0.1) is 0 Å². The molecule has 31 heavy (non-hydrogen) atoms. The lowest BCUT2D eigenvalue weighted by Gasteiger charge is -2.20. The summed E-state index contributed by atoms with van der Waals surface area (Å²) in [7, 11) is 1.79. The highest BCUT2D eigenvalue weighted by Gasteiger charge is 2.21. The van der Waals surface area contributed by atoms with Crippen LogP contribution in [0.2, 0.25) is 0 Å². The Morgan fingerprint density at radius 2 is 2.03 bits per heavy atom. The van der Waals surface area contributed by atoms with Crippen LogP contribution in [0, 0.1) is 5.92 Å². The normalized spacial score (nSPS) is 11.5. The van der Waals surface area contributed by atoms with Gasteiger partial charge in [0, 0.05) is 19.7 Å². The van der Waals surface area contributed by atoms with Gasteiger partial charge in [0.15, 0.2) is 0 Å². The molecule has 0 saturated carbocycles. The zero-order valence-corrected chi connectivity index (χ0v) is 18.2. The highest BCUT2D eigenvalue weighted by molar-refractivity contribution is 5.80. The summed E-state index contributed by atoms with van der Waals surface area (Å²) >= 11 is 0. The number of nitrogens with one attached hydrogen (secondary N) is 2. The van der Waals surface area contributed by atoms with Crippen molar-refractivity contribution in [3.8, 4) is 0 Å². The number of rotatable bonds is 13. The predicted molar refractivity (Wildman–Crippen MR) is 115 cm³/mol. The maximum absolute atomic E-state index is 12.6. The third kappa shape index (κ3) is 7.45. The number of unbranched alkanes of at least 4 members (excludes halogenated alkanes) is 2. The first-order valence-corrected chi connectivity index (χ1v) is 10.3. The van der Waals surface area contributed by atoms with Gasteiger partial charge < -0.3 is 0 Å². The molecular weight excluding hydrogens is 400 g/mol. The molecule has 3 N–H and O–H groups in total. The zero-order chi connectivity index (χ0) is 22.6. The van der Waals surface area contributed by atoms with Crippen molar-refractivity contribution < 1.29 is 14.8 Å². The van der Waals surface area contributed by atoms with Gasteiger partial charge in [0.2, 0.25) is 24.2 Å². The first kappa shape index (κ1) is 23.9. The van der Waals surface area contributed by atoms with Crippen molar-refractivity contribution in [1.82, 2.24) is 30.4 Å². The minimum Gasteiger partial charge on any atom is -0.298 e. The second kappa shape index (κ2) is 12.4. The molecule has 2 heterocycles. The SMILES string of the molecule is CCCCCC(CN(O)C=O)C(=O)NNc1nc(CC)nc(N(C)c2ccccn2)n1. The maximum atomic E-state index is 12.6. The van der Waals surface area contributed by atoms with Crippen LogP contribution in [0.25, 0.3) is 0 Å². The molecule has 0 bridgehead atoms. The molecule has 11 heteroatoms. The van der Waals surface area contributed by atoms with Crippen LogP contribution in [0.5, 0.6) is 0 Å². The van der Waals surface area contributed by atoms with Gasteiger partial charge in [-0.2, -0.15) is 15.0 Å². The van der Waals surface area contributed by atoms with E-state index in [0.717, 1.165) is 19.3 Å². The maximum Gasteiger partial charge on any atom is 0.246 e. The molecule has 0 spiro atoms. The van der Waals surface area contributed by atoms with Crippen molar-refractivity contribution in [2.75, 3.05) is 23.9 Å². The first-order chi connectivity index (χ1) is 15.0. The van der Waals surface area contributed by atoms with E-state index < -0.39 is 5.92 Å². The highest BCUT2D eigenvalue weighted by Crippen LogP contribution is 2.18. The summed E-state index contributed by atoms with van der Waals surface area (Å²) in [4.78, 5) is 42.5. The number of hydroxylamine groups is 2. The number of hydrogen-bond acceptors (Lipinski definition) is 9. The van der Waals surface area contributed by atoms with Crippen molar-refractivity contribution >= 4 is 30.0 Å². The number of hydrazine groups is 1. The third-order valence-electron chi connectivity index (χ3n) is 4.63. The summed E-state index contributed by atoms with van der Waals surface area (Å²) in [5, 5.41) is 9.99. The van der Waals surface area contributed by atoms with Crippen LogP contribution < -0.4 is 15.8 Å². The molecule has 0 fully saturated rings. The van der Waals surface area contributed by atoms with Crippen molar-refractivity contribution in [1.29, 1.82) is 0 Å². The molecule has 0 radical (unpaired) electrons. The fourth-order valence-electron chi connectivity index (χ4n) is 2.86.